The molecule has 0 aromatic carbocycles. The Morgan fingerprint density at radius 1 is 1.25 bits per heavy atom. The van der Waals surface area contributed by atoms with Crippen LogP contribution in [0.1, 0.15) is 25.7 Å². The number of rotatable bonds is 2. The van der Waals surface area contributed by atoms with Crippen molar-refractivity contribution >= 4 is 5.97 Å². The minimum absolute atomic E-state index is 0.370. The zero-order chi connectivity index (χ0) is 8.55. The second kappa shape index (κ2) is 2.92. The predicted molar refractivity (Wildman–Crippen MR) is 45.7 cm³/mol. The molecule has 0 heterocycles. The van der Waals surface area contributed by atoms with Gasteiger partial charge in [-0.05, 0) is 37.0 Å². The monoisotopic (exact) mass is 166 g/mol. The highest BCUT2D eigenvalue weighted by Crippen LogP contribution is 2.40. The van der Waals surface area contributed by atoms with Crippen molar-refractivity contribution in [3.63, 3.8) is 0 Å². The molecule has 0 spiro atoms. The minimum atomic E-state index is -0.638. The lowest BCUT2D eigenvalue weighted by molar-refractivity contribution is -0.138. The van der Waals surface area contributed by atoms with E-state index in [4.69, 9.17) is 5.11 Å². The van der Waals surface area contributed by atoms with Gasteiger partial charge in [0.25, 0.3) is 0 Å². The van der Waals surface area contributed by atoms with Gasteiger partial charge in [-0.1, -0.05) is 12.2 Å². The molecule has 2 nitrogen and oxygen atoms in total. The van der Waals surface area contributed by atoms with Crippen LogP contribution in [-0.2, 0) is 4.79 Å². The maximum absolute atomic E-state index is 10.5. The highest BCUT2D eigenvalue weighted by Gasteiger charge is 2.30. The van der Waals surface area contributed by atoms with Crippen LogP contribution in [0.2, 0.25) is 0 Å². The van der Waals surface area contributed by atoms with Gasteiger partial charge in [0.15, 0.2) is 0 Å². The SMILES string of the molecule is O=C(O)CC1C[C@H]2C=C[C@@H](C1)C2. The van der Waals surface area contributed by atoms with Crippen molar-refractivity contribution in [3.8, 4) is 0 Å². The Kier molecular flexibility index (Phi) is 1.91. The summed E-state index contributed by atoms with van der Waals surface area (Å²) in [5.41, 5.74) is 0. The molecule has 2 aliphatic rings. The number of hydrogen-bond donors (Lipinski definition) is 1. The van der Waals surface area contributed by atoms with Crippen LogP contribution in [0, 0.1) is 17.8 Å². The largest absolute Gasteiger partial charge is 0.481 e. The highest BCUT2D eigenvalue weighted by atomic mass is 16.4. The number of carboxylic acid groups (broad SMARTS) is 1. The zero-order valence-corrected chi connectivity index (χ0v) is 7.07. The third kappa shape index (κ3) is 1.52. The van der Waals surface area contributed by atoms with Crippen LogP contribution in [0.15, 0.2) is 12.2 Å². The first-order valence-corrected chi connectivity index (χ1v) is 4.64. The van der Waals surface area contributed by atoms with E-state index in [0.29, 0.717) is 24.2 Å². The third-order valence-corrected chi connectivity index (χ3v) is 3.00. The number of carbonyl (C=O) groups is 1. The number of aliphatic carboxylic acids is 1. The van der Waals surface area contributed by atoms with Gasteiger partial charge in [-0.15, -0.1) is 0 Å². The second-order valence-electron chi connectivity index (χ2n) is 4.08. The van der Waals surface area contributed by atoms with Gasteiger partial charge >= 0.3 is 5.97 Å². The molecule has 2 bridgehead atoms. The molecular formula is C10H14O2. The summed E-state index contributed by atoms with van der Waals surface area (Å²) < 4.78 is 0. The van der Waals surface area contributed by atoms with E-state index in [9.17, 15) is 4.79 Å². The molecule has 0 aromatic heterocycles. The molecule has 0 radical (unpaired) electrons. The summed E-state index contributed by atoms with van der Waals surface area (Å²) in [6.07, 6.45) is 8.38. The molecule has 0 amide bonds. The molecule has 1 saturated carbocycles. The van der Waals surface area contributed by atoms with Gasteiger partial charge in [0.2, 0.25) is 0 Å². The molecule has 0 saturated heterocycles. The summed E-state index contributed by atoms with van der Waals surface area (Å²) in [7, 11) is 0. The van der Waals surface area contributed by atoms with E-state index in [1.165, 1.54) is 6.42 Å². The Morgan fingerprint density at radius 2 is 1.83 bits per heavy atom. The van der Waals surface area contributed by atoms with Gasteiger partial charge in [0.05, 0.1) is 0 Å². The molecule has 3 atom stereocenters. The maximum Gasteiger partial charge on any atom is 0.303 e. The summed E-state index contributed by atoms with van der Waals surface area (Å²) in [5.74, 6) is 1.17. The lowest BCUT2D eigenvalue weighted by Gasteiger charge is -2.26. The Morgan fingerprint density at radius 3 is 2.33 bits per heavy atom. The molecule has 1 fully saturated rings. The van der Waals surface area contributed by atoms with Gasteiger partial charge in [-0.2, -0.15) is 0 Å². The first-order valence-electron chi connectivity index (χ1n) is 4.64. The molecule has 0 aromatic rings. The summed E-state index contributed by atoms with van der Waals surface area (Å²) >= 11 is 0. The van der Waals surface area contributed by atoms with Gasteiger partial charge in [-0.3, -0.25) is 4.79 Å². The van der Waals surface area contributed by atoms with Gasteiger partial charge in [-0.25, -0.2) is 0 Å². The first kappa shape index (κ1) is 7.84. The van der Waals surface area contributed by atoms with Crippen LogP contribution in [0.3, 0.4) is 0 Å². The summed E-state index contributed by atoms with van der Waals surface area (Å²) in [5, 5.41) is 8.64. The lowest BCUT2D eigenvalue weighted by Crippen LogP contribution is -2.19. The summed E-state index contributed by atoms with van der Waals surface area (Å²) in [4.78, 5) is 10.5. The van der Waals surface area contributed by atoms with Crippen molar-refractivity contribution in [3.05, 3.63) is 12.2 Å². The fraction of sp³-hybridized carbons (Fsp3) is 0.700. The number of hydrogen-bond acceptors (Lipinski definition) is 1. The molecule has 2 rings (SSSR count). The average molecular weight is 166 g/mol. The first-order chi connectivity index (χ1) is 5.74. The van der Waals surface area contributed by atoms with Crippen LogP contribution in [-0.4, -0.2) is 11.1 Å². The van der Waals surface area contributed by atoms with Crippen molar-refractivity contribution < 1.29 is 9.90 Å². The van der Waals surface area contributed by atoms with Crippen molar-refractivity contribution in [1.29, 1.82) is 0 Å². The van der Waals surface area contributed by atoms with E-state index < -0.39 is 5.97 Å². The quantitative estimate of drug-likeness (QED) is 0.637. The number of allylic oxidation sites excluding steroid dienone is 2. The van der Waals surface area contributed by atoms with Crippen molar-refractivity contribution in [2.75, 3.05) is 0 Å². The average Bonchev–Trinajstić information content (AvgIpc) is 2.29. The Hall–Kier alpha value is -0.790. The zero-order valence-electron chi connectivity index (χ0n) is 7.07. The minimum Gasteiger partial charge on any atom is -0.481 e. The van der Waals surface area contributed by atoms with E-state index >= 15 is 0 Å². The van der Waals surface area contributed by atoms with Gasteiger partial charge in [0, 0.05) is 6.42 Å². The van der Waals surface area contributed by atoms with E-state index in [1.54, 1.807) is 0 Å². The molecule has 12 heavy (non-hydrogen) atoms. The Balaban J connectivity index is 1.92. The van der Waals surface area contributed by atoms with Gasteiger partial charge in [0.1, 0.15) is 0 Å². The van der Waals surface area contributed by atoms with Crippen LogP contribution < -0.4 is 0 Å². The van der Waals surface area contributed by atoms with Crippen molar-refractivity contribution in [2.45, 2.75) is 25.7 Å². The molecule has 2 aliphatic carbocycles. The highest BCUT2D eigenvalue weighted by molar-refractivity contribution is 5.67. The number of carboxylic acids is 1. The smallest absolute Gasteiger partial charge is 0.303 e. The van der Waals surface area contributed by atoms with Crippen LogP contribution in [0.4, 0.5) is 0 Å². The maximum atomic E-state index is 10.5. The number of fused-ring (bicyclic) bond motifs is 2. The van der Waals surface area contributed by atoms with Crippen LogP contribution in [0.5, 0.6) is 0 Å². The molecule has 66 valence electrons. The van der Waals surface area contributed by atoms with Gasteiger partial charge < -0.3 is 5.11 Å². The second-order valence-corrected chi connectivity index (χ2v) is 4.08. The lowest BCUT2D eigenvalue weighted by atomic mass is 9.79. The Labute approximate surface area is 72.3 Å². The molecule has 0 aliphatic heterocycles. The standard InChI is InChI=1S/C10H14O2/c11-10(12)6-9-4-7-1-2-8(3-7)5-9/h1-2,7-9H,3-6H2,(H,11,12)/t7-,8+,9?. The summed E-state index contributed by atoms with van der Waals surface area (Å²) in [6.45, 7) is 0. The normalized spacial score (nSPS) is 38.5. The van der Waals surface area contributed by atoms with Crippen LogP contribution >= 0.6 is 0 Å². The van der Waals surface area contributed by atoms with E-state index in [-0.39, 0.29) is 0 Å². The Bertz CT molecular complexity index is 206. The van der Waals surface area contributed by atoms with E-state index in [0.717, 1.165) is 12.8 Å². The van der Waals surface area contributed by atoms with Crippen molar-refractivity contribution in [2.24, 2.45) is 17.8 Å². The molecule has 2 heteroatoms. The fourth-order valence-corrected chi connectivity index (χ4v) is 2.58. The molecular weight excluding hydrogens is 152 g/mol. The van der Waals surface area contributed by atoms with Crippen molar-refractivity contribution in [1.82, 2.24) is 0 Å². The molecule has 1 N–H and O–H groups in total. The third-order valence-electron chi connectivity index (χ3n) is 3.00. The fourth-order valence-electron chi connectivity index (χ4n) is 2.58. The topological polar surface area (TPSA) is 37.3 Å². The van der Waals surface area contributed by atoms with E-state index in [1.807, 2.05) is 0 Å². The van der Waals surface area contributed by atoms with Crippen LogP contribution in [0.25, 0.3) is 0 Å². The summed E-state index contributed by atoms with van der Waals surface area (Å²) in [6, 6.07) is 0. The predicted octanol–water partition coefficient (Wildman–Crippen LogP) is 2.06. The molecule has 1 unspecified atom stereocenters. The van der Waals surface area contributed by atoms with E-state index in [2.05, 4.69) is 12.2 Å².